The molecule has 230 valence electrons. The molecule has 2 nitrogen and oxygen atoms in total. The molecule has 0 aromatic heterocycles. The highest BCUT2D eigenvalue weighted by Gasteiger charge is 2.11. The fourth-order valence-corrected chi connectivity index (χ4v) is 5.70. The Kier molecular flexibility index (Phi) is 11.6. The van der Waals surface area contributed by atoms with Crippen molar-refractivity contribution in [2.24, 2.45) is 0 Å². The van der Waals surface area contributed by atoms with Crippen molar-refractivity contribution in [3.63, 3.8) is 0 Å². The van der Waals surface area contributed by atoms with Crippen LogP contribution in [0.25, 0.3) is 64.6 Å². The number of hydrogen-bond acceptors (Lipinski definition) is 2. The van der Waals surface area contributed by atoms with Crippen molar-refractivity contribution in [3.05, 3.63) is 122 Å². The second-order valence-electron chi connectivity index (χ2n) is 10.9. The lowest BCUT2D eigenvalue weighted by atomic mass is 9.94. The van der Waals surface area contributed by atoms with Gasteiger partial charge in [0.1, 0.15) is 18.1 Å². The summed E-state index contributed by atoms with van der Waals surface area (Å²) in [5.41, 5.74) is 0. The van der Waals surface area contributed by atoms with E-state index in [-0.39, 0.29) is 0 Å². The molecule has 0 saturated heterocycles. The average molecular weight is 595 g/mol. The van der Waals surface area contributed by atoms with Crippen LogP contribution in [0.1, 0.15) is 54.4 Å². The van der Waals surface area contributed by atoms with Crippen molar-refractivity contribution in [2.75, 3.05) is 6.61 Å². The van der Waals surface area contributed by atoms with Crippen molar-refractivity contribution in [2.45, 2.75) is 54.4 Å². The molecule has 0 fully saturated rings. The first-order chi connectivity index (χ1) is 22.1. The van der Waals surface area contributed by atoms with E-state index < -0.39 is 0 Å². The first kappa shape index (κ1) is 33.1. The largest absolute Gasteiger partial charge is 0.507 e. The van der Waals surface area contributed by atoms with Gasteiger partial charge in [0, 0.05) is 21.5 Å². The topological polar surface area (TPSA) is 29.5 Å². The van der Waals surface area contributed by atoms with Crippen LogP contribution in [0.15, 0.2) is 122 Å². The standard InChI is InChI=1S/C19H14O.C16H10O.2C3H8.C2H6/c1-2-12-20-17-11-9-15-7-6-13-4-3-5-14-8-10-16(17)19(15)18(13)14;17-14-9-7-12-5-4-10-2-1-3-11-6-8-13(14)16(12)15(10)11;2*1-3-2;1-2/h2-11H,1,12H2;1-9,17H;2*3H2,1-2H3;1-2H3. The number of ether oxygens (including phenoxy) is 1. The molecule has 0 aliphatic rings. The van der Waals surface area contributed by atoms with Crippen LogP contribution < -0.4 is 4.74 Å². The zero-order valence-corrected chi connectivity index (χ0v) is 27.7. The Morgan fingerprint density at radius 2 is 0.867 bits per heavy atom. The number of benzene rings is 8. The fraction of sp³-hybridized carbons (Fsp3) is 0.209. The van der Waals surface area contributed by atoms with E-state index in [0.29, 0.717) is 12.4 Å². The smallest absolute Gasteiger partial charge is 0.127 e. The van der Waals surface area contributed by atoms with Gasteiger partial charge in [-0.3, -0.25) is 0 Å². The van der Waals surface area contributed by atoms with Crippen molar-refractivity contribution in [1.29, 1.82) is 0 Å². The lowest BCUT2D eigenvalue weighted by Crippen LogP contribution is -1.94. The van der Waals surface area contributed by atoms with Crippen LogP contribution in [-0.4, -0.2) is 11.7 Å². The fourth-order valence-electron chi connectivity index (χ4n) is 5.70. The van der Waals surface area contributed by atoms with Crippen LogP contribution in [0.3, 0.4) is 0 Å². The van der Waals surface area contributed by atoms with Crippen LogP contribution in [0.4, 0.5) is 0 Å². The van der Waals surface area contributed by atoms with Crippen LogP contribution in [0.2, 0.25) is 0 Å². The summed E-state index contributed by atoms with van der Waals surface area (Å²) in [5.74, 6) is 1.28. The number of phenolic OH excluding ortho intramolecular Hbond substituents is 1. The predicted octanol–water partition coefficient (Wildman–Crippen LogP) is 13.3. The van der Waals surface area contributed by atoms with Gasteiger partial charge in [-0.1, -0.05) is 158 Å². The van der Waals surface area contributed by atoms with Gasteiger partial charge in [0.25, 0.3) is 0 Å². The molecule has 8 aromatic carbocycles. The average Bonchev–Trinajstić information content (AvgIpc) is 3.08. The number of rotatable bonds is 3. The van der Waals surface area contributed by atoms with E-state index in [1.807, 2.05) is 32.0 Å². The molecule has 8 rings (SSSR count). The van der Waals surface area contributed by atoms with Gasteiger partial charge in [0.05, 0.1) is 0 Å². The predicted molar refractivity (Wildman–Crippen MR) is 201 cm³/mol. The minimum Gasteiger partial charge on any atom is -0.507 e. The molecule has 0 saturated carbocycles. The van der Waals surface area contributed by atoms with Gasteiger partial charge in [-0.05, 0) is 61.3 Å². The van der Waals surface area contributed by atoms with Crippen molar-refractivity contribution in [1.82, 2.24) is 0 Å². The Bertz CT molecular complexity index is 2070. The van der Waals surface area contributed by atoms with Gasteiger partial charge in [0.2, 0.25) is 0 Å². The molecular formula is C43H46O2. The Labute approximate surface area is 268 Å². The Balaban J connectivity index is 0.000000168. The summed E-state index contributed by atoms with van der Waals surface area (Å²) in [7, 11) is 0. The molecule has 2 heteroatoms. The number of phenols is 1. The molecule has 8 aromatic rings. The van der Waals surface area contributed by atoms with Crippen LogP contribution >= 0.6 is 0 Å². The molecule has 0 radical (unpaired) electrons. The van der Waals surface area contributed by atoms with E-state index in [0.717, 1.165) is 11.1 Å². The highest BCUT2D eigenvalue weighted by molar-refractivity contribution is 6.25. The summed E-state index contributed by atoms with van der Waals surface area (Å²) < 4.78 is 5.79. The van der Waals surface area contributed by atoms with Crippen molar-refractivity contribution < 1.29 is 9.84 Å². The van der Waals surface area contributed by atoms with Crippen molar-refractivity contribution >= 4 is 64.6 Å². The van der Waals surface area contributed by atoms with E-state index in [1.165, 1.54) is 72.1 Å². The highest BCUT2D eigenvalue weighted by atomic mass is 16.5. The van der Waals surface area contributed by atoms with Gasteiger partial charge < -0.3 is 9.84 Å². The molecule has 0 spiro atoms. The Morgan fingerprint density at radius 1 is 0.511 bits per heavy atom. The Morgan fingerprint density at radius 3 is 1.33 bits per heavy atom. The summed E-state index contributed by atoms with van der Waals surface area (Å²) in [6.45, 7) is 16.7. The summed E-state index contributed by atoms with van der Waals surface area (Å²) in [6, 6.07) is 37.7. The summed E-state index contributed by atoms with van der Waals surface area (Å²) in [5, 5.41) is 24.5. The second kappa shape index (κ2) is 15.8. The summed E-state index contributed by atoms with van der Waals surface area (Å²) >= 11 is 0. The molecule has 0 aliphatic carbocycles. The maximum Gasteiger partial charge on any atom is 0.127 e. The van der Waals surface area contributed by atoms with E-state index in [4.69, 9.17) is 4.74 Å². The lowest BCUT2D eigenvalue weighted by molar-refractivity contribution is 0.368. The van der Waals surface area contributed by atoms with Crippen LogP contribution in [0.5, 0.6) is 11.5 Å². The third-order valence-electron chi connectivity index (χ3n) is 7.35. The van der Waals surface area contributed by atoms with Crippen LogP contribution in [0, 0.1) is 0 Å². The van der Waals surface area contributed by atoms with E-state index in [2.05, 4.69) is 119 Å². The monoisotopic (exact) mass is 594 g/mol. The van der Waals surface area contributed by atoms with E-state index >= 15 is 0 Å². The first-order valence-electron chi connectivity index (χ1n) is 16.3. The number of aromatic hydroxyl groups is 1. The highest BCUT2D eigenvalue weighted by Crippen LogP contribution is 2.39. The minimum atomic E-state index is 0.357. The molecule has 0 heterocycles. The molecule has 0 atom stereocenters. The van der Waals surface area contributed by atoms with Gasteiger partial charge in [-0.2, -0.15) is 0 Å². The minimum absolute atomic E-state index is 0.357. The second-order valence-corrected chi connectivity index (χ2v) is 10.9. The third-order valence-corrected chi connectivity index (χ3v) is 7.35. The number of hydrogen-bond donors (Lipinski definition) is 1. The summed E-state index contributed by atoms with van der Waals surface area (Å²) in [6.07, 6.45) is 4.28. The maximum atomic E-state index is 9.95. The van der Waals surface area contributed by atoms with Gasteiger partial charge in [-0.25, -0.2) is 0 Å². The Hall–Kier alpha value is -4.82. The molecule has 0 bridgehead atoms. The molecule has 0 unspecified atom stereocenters. The quantitative estimate of drug-likeness (QED) is 0.163. The normalized spacial score (nSPS) is 10.4. The maximum absolute atomic E-state index is 9.95. The zero-order chi connectivity index (χ0) is 32.3. The molecule has 0 aliphatic heterocycles. The van der Waals surface area contributed by atoms with Gasteiger partial charge >= 0.3 is 0 Å². The van der Waals surface area contributed by atoms with Gasteiger partial charge in [-0.15, -0.1) is 0 Å². The van der Waals surface area contributed by atoms with Gasteiger partial charge in [0.15, 0.2) is 0 Å². The van der Waals surface area contributed by atoms with Crippen molar-refractivity contribution in [3.8, 4) is 11.5 Å². The SMILES string of the molecule is C=CCOc1ccc2ccc3cccc4ccc1c2c34.CC.CCC.CCC.Oc1ccc2ccc3cccc4ccc1c2c34. The molecule has 0 amide bonds. The molecule has 1 N–H and O–H groups in total. The first-order valence-corrected chi connectivity index (χ1v) is 16.3. The third kappa shape index (κ3) is 6.81. The molecule has 45 heavy (non-hydrogen) atoms. The lowest BCUT2D eigenvalue weighted by Gasteiger charge is -2.13. The van der Waals surface area contributed by atoms with E-state index in [1.54, 1.807) is 12.1 Å². The van der Waals surface area contributed by atoms with E-state index in [9.17, 15) is 5.11 Å². The van der Waals surface area contributed by atoms with Crippen LogP contribution in [-0.2, 0) is 0 Å². The zero-order valence-electron chi connectivity index (χ0n) is 27.7. The summed E-state index contributed by atoms with van der Waals surface area (Å²) in [4.78, 5) is 0. The molecular weight excluding hydrogens is 548 g/mol.